The molecule has 4 rings (SSSR count). The van der Waals surface area contributed by atoms with Crippen molar-refractivity contribution in [3.63, 3.8) is 0 Å². The van der Waals surface area contributed by atoms with E-state index < -0.39 is 0 Å². The number of H-pyrrole nitrogens is 1. The van der Waals surface area contributed by atoms with Crippen LogP contribution in [0.5, 0.6) is 0 Å². The molecule has 0 bridgehead atoms. The number of rotatable bonds is 2. The van der Waals surface area contributed by atoms with Gasteiger partial charge in [-0.05, 0) is 31.6 Å². The molecule has 6 nitrogen and oxygen atoms in total. The van der Waals surface area contributed by atoms with Crippen LogP contribution in [-0.2, 0) is 0 Å². The fraction of sp³-hybridized carbons (Fsp3) is 0.643. The van der Waals surface area contributed by atoms with Crippen LogP contribution in [0.3, 0.4) is 0 Å². The lowest BCUT2D eigenvalue weighted by molar-refractivity contribution is 0.430. The molecule has 3 N–H and O–H groups in total. The molecule has 0 radical (unpaired) electrons. The van der Waals surface area contributed by atoms with E-state index in [0.29, 0.717) is 12.0 Å². The van der Waals surface area contributed by atoms with Gasteiger partial charge in [-0.2, -0.15) is 15.1 Å². The molecule has 2 aliphatic rings. The Morgan fingerprint density at radius 3 is 2.85 bits per heavy atom. The maximum Gasteiger partial charge on any atom is 0.224 e. The number of hydrogen-bond acceptors (Lipinski definition) is 5. The van der Waals surface area contributed by atoms with Gasteiger partial charge in [-0.3, -0.25) is 5.10 Å². The van der Waals surface area contributed by atoms with Crippen LogP contribution < -0.4 is 10.6 Å². The summed E-state index contributed by atoms with van der Waals surface area (Å²) in [5.41, 5.74) is 6.59. The summed E-state index contributed by atoms with van der Waals surface area (Å²) in [6.45, 7) is 1.07. The highest BCUT2D eigenvalue weighted by molar-refractivity contribution is 5.87. The fourth-order valence-electron chi connectivity index (χ4n) is 3.94. The monoisotopic (exact) mass is 272 g/mol. The second-order valence-corrected chi connectivity index (χ2v) is 5.99. The number of nitrogens with zero attached hydrogens (tertiary/aromatic N) is 4. The van der Waals surface area contributed by atoms with Crippen LogP contribution >= 0.6 is 0 Å². The molecule has 0 amide bonds. The summed E-state index contributed by atoms with van der Waals surface area (Å²) in [7, 11) is 0. The average Bonchev–Trinajstić information content (AvgIpc) is 3.17. The number of nitrogens with two attached hydrogens (primary N) is 1. The van der Waals surface area contributed by atoms with Crippen molar-refractivity contribution in [3.8, 4) is 0 Å². The number of hydrogen-bond donors (Lipinski definition) is 2. The Balaban J connectivity index is 1.75. The van der Waals surface area contributed by atoms with E-state index in [4.69, 9.17) is 5.73 Å². The summed E-state index contributed by atoms with van der Waals surface area (Å²) in [5.74, 6) is 2.11. The minimum Gasteiger partial charge on any atom is -0.368 e. The van der Waals surface area contributed by atoms with Crippen molar-refractivity contribution in [2.24, 2.45) is 5.92 Å². The molecule has 0 spiro atoms. The Labute approximate surface area is 117 Å². The Kier molecular flexibility index (Phi) is 2.75. The number of anilines is 2. The van der Waals surface area contributed by atoms with E-state index in [-0.39, 0.29) is 0 Å². The fourth-order valence-corrected chi connectivity index (χ4v) is 3.94. The maximum absolute atomic E-state index is 5.85. The Morgan fingerprint density at radius 1 is 1.15 bits per heavy atom. The quantitative estimate of drug-likeness (QED) is 0.874. The van der Waals surface area contributed by atoms with Crippen LogP contribution in [0.4, 0.5) is 11.8 Å². The molecule has 2 aromatic heterocycles. The second kappa shape index (κ2) is 4.61. The highest BCUT2D eigenvalue weighted by atomic mass is 15.3. The normalized spacial score (nSPS) is 24.0. The van der Waals surface area contributed by atoms with Crippen LogP contribution in [-0.4, -0.2) is 32.8 Å². The highest BCUT2D eigenvalue weighted by Gasteiger charge is 2.35. The number of nitrogen functional groups attached to an aromatic ring is 1. The molecule has 2 aromatic rings. The van der Waals surface area contributed by atoms with E-state index in [9.17, 15) is 0 Å². The van der Waals surface area contributed by atoms with Gasteiger partial charge in [0.2, 0.25) is 5.95 Å². The van der Waals surface area contributed by atoms with E-state index in [0.717, 1.165) is 29.3 Å². The van der Waals surface area contributed by atoms with Gasteiger partial charge in [0.05, 0.1) is 11.6 Å². The molecule has 20 heavy (non-hydrogen) atoms. The van der Waals surface area contributed by atoms with Gasteiger partial charge in [-0.25, -0.2) is 0 Å². The van der Waals surface area contributed by atoms with Gasteiger partial charge in [0.15, 0.2) is 5.65 Å². The zero-order valence-corrected chi connectivity index (χ0v) is 11.5. The molecule has 0 aromatic carbocycles. The van der Waals surface area contributed by atoms with Crippen molar-refractivity contribution < 1.29 is 0 Å². The van der Waals surface area contributed by atoms with E-state index in [2.05, 4.69) is 25.1 Å². The number of aromatic nitrogens is 4. The molecular weight excluding hydrogens is 252 g/mol. The molecule has 1 saturated carbocycles. The summed E-state index contributed by atoms with van der Waals surface area (Å²) in [6, 6.07) is 0.616. The molecule has 6 heteroatoms. The van der Waals surface area contributed by atoms with Gasteiger partial charge in [0.25, 0.3) is 0 Å². The van der Waals surface area contributed by atoms with Crippen LogP contribution in [0.25, 0.3) is 11.0 Å². The molecule has 106 valence electrons. The molecule has 2 fully saturated rings. The summed E-state index contributed by atoms with van der Waals surface area (Å²) in [4.78, 5) is 11.2. The highest BCUT2D eigenvalue weighted by Crippen LogP contribution is 2.38. The minimum atomic E-state index is 0.328. The van der Waals surface area contributed by atoms with Gasteiger partial charge in [-0.1, -0.05) is 12.8 Å². The van der Waals surface area contributed by atoms with Crippen LogP contribution in [0.15, 0.2) is 6.20 Å². The first kappa shape index (κ1) is 11.9. The minimum absolute atomic E-state index is 0.328. The third kappa shape index (κ3) is 1.82. The summed E-state index contributed by atoms with van der Waals surface area (Å²) >= 11 is 0. The molecule has 1 atom stereocenters. The Bertz CT molecular complexity index is 615. The molecule has 3 heterocycles. The van der Waals surface area contributed by atoms with Gasteiger partial charge in [-0.15, -0.1) is 0 Å². The zero-order chi connectivity index (χ0) is 13.5. The Hall–Kier alpha value is -1.85. The van der Waals surface area contributed by atoms with Crippen LogP contribution in [0, 0.1) is 5.92 Å². The van der Waals surface area contributed by atoms with Gasteiger partial charge >= 0.3 is 0 Å². The Morgan fingerprint density at radius 2 is 2.00 bits per heavy atom. The molecule has 1 saturated heterocycles. The number of aromatic amines is 1. The standard InChI is InChI=1S/C14H20N6/c15-14-17-12-10(8-16-19-12)13(18-14)20-7-3-6-11(20)9-4-1-2-5-9/h8-9,11H,1-7H2,(H3,15,16,17,18,19). The number of nitrogens with one attached hydrogen (secondary N) is 1. The van der Waals surface area contributed by atoms with E-state index in [1.54, 1.807) is 0 Å². The van der Waals surface area contributed by atoms with E-state index >= 15 is 0 Å². The molecule has 1 unspecified atom stereocenters. The van der Waals surface area contributed by atoms with E-state index in [1.165, 1.54) is 38.5 Å². The topological polar surface area (TPSA) is 83.7 Å². The van der Waals surface area contributed by atoms with Crippen LogP contribution in [0.1, 0.15) is 38.5 Å². The smallest absolute Gasteiger partial charge is 0.224 e. The lowest BCUT2D eigenvalue weighted by atomic mass is 9.96. The largest absolute Gasteiger partial charge is 0.368 e. The van der Waals surface area contributed by atoms with Crippen molar-refractivity contribution in [1.29, 1.82) is 0 Å². The summed E-state index contributed by atoms with van der Waals surface area (Å²) < 4.78 is 0. The van der Waals surface area contributed by atoms with Crippen LogP contribution in [0.2, 0.25) is 0 Å². The van der Waals surface area contributed by atoms with Crippen molar-refractivity contribution >= 4 is 22.8 Å². The maximum atomic E-state index is 5.85. The van der Waals surface area contributed by atoms with Gasteiger partial charge in [0, 0.05) is 12.6 Å². The molecular formula is C14H20N6. The lowest BCUT2D eigenvalue weighted by Gasteiger charge is -2.30. The first-order valence-corrected chi connectivity index (χ1v) is 7.56. The van der Waals surface area contributed by atoms with Crippen molar-refractivity contribution in [1.82, 2.24) is 20.2 Å². The second-order valence-electron chi connectivity index (χ2n) is 5.99. The first-order valence-electron chi connectivity index (χ1n) is 7.56. The molecule has 1 aliphatic carbocycles. The SMILES string of the molecule is Nc1nc(N2CCCC2C2CCCC2)c2cn[nH]c2n1. The lowest BCUT2D eigenvalue weighted by Crippen LogP contribution is -2.35. The third-order valence-electron chi connectivity index (χ3n) is 4.82. The number of fused-ring (bicyclic) bond motifs is 1. The van der Waals surface area contributed by atoms with Crippen molar-refractivity contribution in [2.45, 2.75) is 44.6 Å². The van der Waals surface area contributed by atoms with Crippen molar-refractivity contribution in [2.75, 3.05) is 17.2 Å². The predicted octanol–water partition coefficient (Wildman–Crippen LogP) is 2.09. The predicted molar refractivity (Wildman–Crippen MR) is 78.4 cm³/mol. The third-order valence-corrected chi connectivity index (χ3v) is 4.82. The van der Waals surface area contributed by atoms with Crippen molar-refractivity contribution in [3.05, 3.63) is 6.20 Å². The van der Waals surface area contributed by atoms with E-state index in [1.807, 2.05) is 6.20 Å². The first-order chi connectivity index (χ1) is 9.83. The summed E-state index contributed by atoms with van der Waals surface area (Å²) in [5, 5.41) is 7.98. The molecule has 1 aliphatic heterocycles. The average molecular weight is 272 g/mol. The van der Waals surface area contributed by atoms with Gasteiger partial charge < -0.3 is 10.6 Å². The summed E-state index contributed by atoms with van der Waals surface area (Å²) in [6.07, 6.45) is 9.79. The van der Waals surface area contributed by atoms with Gasteiger partial charge in [0.1, 0.15) is 5.82 Å². The zero-order valence-electron chi connectivity index (χ0n) is 11.5.